The highest BCUT2D eigenvalue weighted by atomic mass is 35.5. The van der Waals surface area contributed by atoms with E-state index < -0.39 is 6.17 Å². The summed E-state index contributed by atoms with van der Waals surface area (Å²) in [7, 11) is 4.59. The van der Waals surface area contributed by atoms with E-state index in [1.165, 1.54) is 32.9 Å². The van der Waals surface area contributed by atoms with Crippen molar-refractivity contribution in [3.05, 3.63) is 87.2 Å². The normalized spacial score (nSPS) is 13.9. The maximum atomic E-state index is 13.6. The number of para-hydroxylation sites is 1. The number of rotatable bonds is 7. The molecule has 1 aliphatic heterocycles. The van der Waals surface area contributed by atoms with Crippen molar-refractivity contribution < 1.29 is 23.7 Å². The summed E-state index contributed by atoms with van der Waals surface area (Å²) in [5, 5.41) is 5.84. The summed E-state index contributed by atoms with van der Waals surface area (Å²) in [6, 6.07) is 18.1. The molecule has 0 radical (unpaired) electrons. The van der Waals surface area contributed by atoms with Gasteiger partial charge in [-0.1, -0.05) is 53.7 Å². The molecule has 0 bridgehead atoms. The minimum absolute atomic E-state index is 0.252. The lowest BCUT2D eigenvalue weighted by molar-refractivity contribution is -0.763. The second kappa shape index (κ2) is 11.0. The maximum Gasteiger partial charge on any atom is 0.325 e. The predicted molar refractivity (Wildman–Crippen MR) is 149 cm³/mol. The molecule has 4 aromatic rings. The number of carbonyl (C=O) groups is 1. The third kappa shape index (κ3) is 4.81. The van der Waals surface area contributed by atoms with Crippen LogP contribution in [-0.2, 0) is 10.5 Å². The smallest absolute Gasteiger partial charge is 0.325 e. The second-order valence-corrected chi connectivity index (χ2v) is 10.0. The fourth-order valence-electron chi connectivity index (χ4n) is 4.69. The van der Waals surface area contributed by atoms with Crippen LogP contribution in [0.4, 0.5) is 5.69 Å². The fraction of sp³-hybridized carbons (Fsp3) is 0.214. The van der Waals surface area contributed by atoms with E-state index in [1.807, 2.05) is 36.4 Å². The van der Waals surface area contributed by atoms with Gasteiger partial charge in [0.05, 0.1) is 32.6 Å². The van der Waals surface area contributed by atoms with Gasteiger partial charge in [0.25, 0.3) is 0 Å². The molecule has 0 saturated carbocycles. The summed E-state index contributed by atoms with van der Waals surface area (Å²) in [6.45, 7) is 1.47. The summed E-state index contributed by atoms with van der Waals surface area (Å²) in [4.78, 5) is 31.4. The van der Waals surface area contributed by atoms with Gasteiger partial charge in [-0.05, 0) is 28.4 Å². The molecule has 9 nitrogen and oxygen atoms in total. The maximum absolute atomic E-state index is 13.6. The van der Waals surface area contributed by atoms with Crippen molar-refractivity contribution in [2.24, 2.45) is 0 Å². The molecule has 0 aliphatic carbocycles. The molecule has 0 saturated heterocycles. The summed E-state index contributed by atoms with van der Waals surface area (Å²) in [5.41, 5.74) is 2.51. The summed E-state index contributed by atoms with van der Waals surface area (Å²) >= 11 is 7.68. The van der Waals surface area contributed by atoms with Crippen LogP contribution in [0.5, 0.6) is 17.2 Å². The van der Waals surface area contributed by atoms with Gasteiger partial charge in [0.1, 0.15) is 22.8 Å². The molecule has 1 amide bonds. The van der Waals surface area contributed by atoms with Gasteiger partial charge in [-0.3, -0.25) is 14.6 Å². The molecule has 0 spiro atoms. The van der Waals surface area contributed by atoms with Crippen LogP contribution in [0.1, 0.15) is 24.2 Å². The fourth-order valence-corrected chi connectivity index (χ4v) is 5.82. The van der Waals surface area contributed by atoms with Crippen LogP contribution >= 0.6 is 23.4 Å². The molecule has 5 rings (SSSR count). The van der Waals surface area contributed by atoms with E-state index in [2.05, 4.69) is 4.98 Å². The molecule has 39 heavy (non-hydrogen) atoms. The molecule has 1 N–H and O–H groups in total. The summed E-state index contributed by atoms with van der Waals surface area (Å²) < 4.78 is 18.5. The van der Waals surface area contributed by atoms with Crippen molar-refractivity contribution in [1.82, 2.24) is 10.1 Å². The van der Waals surface area contributed by atoms with Gasteiger partial charge in [-0.2, -0.15) is 0 Å². The zero-order valence-electron chi connectivity index (χ0n) is 21.7. The van der Waals surface area contributed by atoms with Gasteiger partial charge in [0.2, 0.25) is 11.1 Å². The molecule has 1 unspecified atom stereocenters. The number of nitrogens with zero attached hydrogens (tertiary/aromatic N) is 3. The average Bonchev–Trinajstić information content (AvgIpc) is 2.94. The average molecular weight is 566 g/mol. The van der Waals surface area contributed by atoms with E-state index in [4.69, 9.17) is 30.9 Å². The lowest BCUT2D eigenvalue weighted by Gasteiger charge is -2.32. The predicted octanol–water partition coefficient (Wildman–Crippen LogP) is 4.61. The topological polar surface area (TPSA) is 97.6 Å². The molecular formula is C28H26ClN4O5S+. The first-order valence-electron chi connectivity index (χ1n) is 12.0. The lowest BCUT2D eigenvalue weighted by Crippen LogP contribution is -2.60. The van der Waals surface area contributed by atoms with Crippen molar-refractivity contribution in [1.29, 1.82) is 0 Å². The van der Waals surface area contributed by atoms with Crippen LogP contribution in [0, 0.1) is 0 Å². The van der Waals surface area contributed by atoms with Gasteiger partial charge < -0.3 is 14.2 Å². The number of aromatic nitrogens is 3. The largest absolute Gasteiger partial charge is 0.496 e. The Morgan fingerprint density at radius 2 is 1.72 bits per heavy atom. The minimum atomic E-state index is -0.898. The first-order valence-corrected chi connectivity index (χ1v) is 13.4. The number of nitrogens with one attached hydrogen (secondary N) is 1. The molecule has 3 aromatic carbocycles. The number of benzene rings is 3. The van der Waals surface area contributed by atoms with E-state index in [-0.39, 0.29) is 11.5 Å². The Morgan fingerprint density at radius 3 is 2.36 bits per heavy atom. The van der Waals surface area contributed by atoms with E-state index in [1.54, 1.807) is 41.0 Å². The number of fused-ring (bicyclic) bond motifs is 3. The number of hydrogen-bond acceptors (Lipinski definition) is 7. The van der Waals surface area contributed by atoms with Crippen molar-refractivity contribution in [2.75, 3.05) is 26.2 Å². The van der Waals surface area contributed by atoms with Crippen molar-refractivity contribution in [3.8, 4) is 28.5 Å². The lowest BCUT2D eigenvalue weighted by atomic mass is 10.00. The Hall–Kier alpha value is -4.02. The zero-order chi connectivity index (χ0) is 27.7. The van der Waals surface area contributed by atoms with Crippen LogP contribution in [-0.4, -0.2) is 37.3 Å². The zero-order valence-corrected chi connectivity index (χ0v) is 23.3. The number of aromatic amines is 1. The Morgan fingerprint density at radius 1 is 1.05 bits per heavy atom. The first kappa shape index (κ1) is 26.6. The third-order valence-corrected chi connectivity index (χ3v) is 7.71. The van der Waals surface area contributed by atoms with Crippen molar-refractivity contribution >= 4 is 35.0 Å². The number of ether oxygens (including phenoxy) is 3. The van der Waals surface area contributed by atoms with Gasteiger partial charge in [0, 0.05) is 34.9 Å². The molecule has 2 heterocycles. The highest BCUT2D eigenvalue weighted by Crippen LogP contribution is 2.44. The molecular weight excluding hydrogens is 540 g/mol. The number of thioether (sulfide) groups is 1. The number of carbonyl (C=O) groups excluding carboxylic acids is 1. The number of halogens is 1. The molecule has 0 fully saturated rings. The van der Waals surface area contributed by atoms with Gasteiger partial charge in [-0.25, -0.2) is 4.90 Å². The van der Waals surface area contributed by atoms with Crippen LogP contribution < -0.4 is 29.4 Å². The highest BCUT2D eigenvalue weighted by Gasteiger charge is 2.47. The molecule has 11 heteroatoms. The Labute approximate surface area is 234 Å². The van der Waals surface area contributed by atoms with E-state index in [9.17, 15) is 9.59 Å². The van der Waals surface area contributed by atoms with Crippen molar-refractivity contribution in [3.63, 3.8) is 0 Å². The quantitative estimate of drug-likeness (QED) is 0.258. The monoisotopic (exact) mass is 565 g/mol. The van der Waals surface area contributed by atoms with Crippen LogP contribution in [0.2, 0.25) is 5.02 Å². The van der Waals surface area contributed by atoms with E-state index >= 15 is 0 Å². The van der Waals surface area contributed by atoms with Crippen LogP contribution in [0.3, 0.4) is 0 Å². The number of methoxy groups -OCH3 is 3. The highest BCUT2D eigenvalue weighted by molar-refractivity contribution is 7.98. The van der Waals surface area contributed by atoms with Crippen LogP contribution in [0.25, 0.3) is 11.3 Å². The molecule has 1 aromatic heterocycles. The Bertz CT molecular complexity index is 1600. The number of anilines is 1. The molecule has 200 valence electrons. The first-order chi connectivity index (χ1) is 18.9. The van der Waals surface area contributed by atoms with E-state index in [0.29, 0.717) is 55.7 Å². The van der Waals surface area contributed by atoms with Gasteiger partial charge >= 0.3 is 17.4 Å². The molecule has 1 atom stereocenters. The summed E-state index contributed by atoms with van der Waals surface area (Å²) in [5.74, 6) is 1.56. The number of hydrogen-bond donors (Lipinski definition) is 1. The van der Waals surface area contributed by atoms with E-state index in [0.717, 1.165) is 5.56 Å². The van der Waals surface area contributed by atoms with Gasteiger partial charge in [0.15, 0.2) is 0 Å². The molecule has 1 aliphatic rings. The summed E-state index contributed by atoms with van der Waals surface area (Å²) in [6.07, 6.45) is -0.898. The minimum Gasteiger partial charge on any atom is -0.496 e. The third-order valence-electron chi connectivity index (χ3n) is 6.43. The Kier molecular flexibility index (Phi) is 7.49. The van der Waals surface area contributed by atoms with Gasteiger partial charge in [-0.15, -0.1) is 0 Å². The van der Waals surface area contributed by atoms with Crippen molar-refractivity contribution in [2.45, 2.75) is 24.0 Å². The number of H-pyrrole nitrogens is 1. The number of amides is 1. The Balaban J connectivity index is 1.76. The SMILES string of the molecule is COc1cc(OC)c(C2N(C(C)=O)c3ccccc3-c3c(=O)[nH]c(SCc4ccccc4Cl)n[n+]32)c(OC)c1. The second-order valence-electron chi connectivity index (χ2n) is 8.66. The standard InChI is InChI=1S/C28H25ClN4O5S/c1-16(34)32-21-12-8-6-10-19(21)25-26(35)30-28(39-15-17-9-5-7-11-20(17)29)31-33(25)27(32)24-22(37-3)13-18(36-2)14-23(24)38-4/h5-14,27H,15H2,1-4H3/p+1. The van der Waals surface area contributed by atoms with Crippen LogP contribution in [0.15, 0.2) is 70.6 Å².